The Morgan fingerprint density at radius 1 is 0.732 bits per heavy atom. The molecule has 0 radical (unpaired) electrons. The highest BCUT2D eigenvalue weighted by Crippen LogP contribution is 2.71. The number of ketones is 2. The summed E-state index contributed by atoms with van der Waals surface area (Å²) in [7, 11) is 0. The van der Waals surface area contributed by atoms with Gasteiger partial charge in [-0.05, 0) is 172 Å². The normalized spacial score (nSPS) is 29.4. The van der Waals surface area contributed by atoms with E-state index in [0.717, 1.165) is 18.9 Å². The summed E-state index contributed by atoms with van der Waals surface area (Å²) in [6.45, 7) is 12.7. The van der Waals surface area contributed by atoms with E-state index in [4.69, 9.17) is 38.9 Å². The zero-order chi connectivity index (χ0) is 70.1. The zero-order valence-corrected chi connectivity index (χ0v) is 56.5. The highest BCUT2D eigenvalue weighted by molar-refractivity contribution is 6.01. The number of carbonyl (C=O) groups is 8. The van der Waals surface area contributed by atoms with Gasteiger partial charge in [0.2, 0.25) is 23.5 Å². The molecule has 2 aromatic carbocycles. The first kappa shape index (κ1) is 75.4. The number of ether oxygens (including phenoxy) is 7. The van der Waals surface area contributed by atoms with E-state index in [-0.39, 0.29) is 87.9 Å². The van der Waals surface area contributed by atoms with Crippen molar-refractivity contribution in [2.75, 3.05) is 96.4 Å². The Labute approximate surface area is 566 Å². The van der Waals surface area contributed by atoms with Gasteiger partial charge >= 0.3 is 12.1 Å². The molecular formula is C71H99F2N7O17. The van der Waals surface area contributed by atoms with E-state index in [1.165, 1.54) is 80.4 Å². The van der Waals surface area contributed by atoms with Crippen molar-refractivity contribution in [3.63, 3.8) is 0 Å². The van der Waals surface area contributed by atoms with Crippen molar-refractivity contribution in [3.05, 3.63) is 84.5 Å². The lowest BCUT2D eigenvalue weighted by atomic mass is 9.44. The van der Waals surface area contributed by atoms with Crippen LogP contribution in [0.25, 0.3) is 0 Å². The lowest BCUT2D eigenvalue weighted by Gasteiger charge is -2.63. The molecule has 6 aliphatic rings. The van der Waals surface area contributed by atoms with Gasteiger partial charge in [-0.15, -0.1) is 0 Å². The largest absolute Gasteiger partial charge is 0.486 e. The number of hydrogen-bond acceptors (Lipinski definition) is 17. The Bertz CT molecular complexity index is 3160. The van der Waals surface area contributed by atoms with Crippen LogP contribution in [0.15, 0.2) is 84.5 Å². The van der Waals surface area contributed by atoms with Crippen molar-refractivity contribution in [3.8, 4) is 11.5 Å². The third-order valence-corrected chi connectivity index (χ3v) is 20.6. The van der Waals surface area contributed by atoms with Crippen LogP contribution in [-0.4, -0.2) is 179 Å². The number of anilines is 2. The average molecular weight is 1360 g/mol. The summed E-state index contributed by atoms with van der Waals surface area (Å²) in [5.41, 5.74) is -1.44. The van der Waals surface area contributed by atoms with Crippen LogP contribution in [0, 0.1) is 58.2 Å². The number of urea groups is 1. The number of alkyl carbamates (subject to hydrolysis) is 1. The average Bonchev–Trinajstić information content (AvgIpc) is 1.66. The van der Waals surface area contributed by atoms with Crippen molar-refractivity contribution < 1.29 is 90.5 Å². The molecule has 0 aliphatic heterocycles. The maximum absolute atomic E-state index is 17.6. The van der Waals surface area contributed by atoms with E-state index in [1.54, 1.807) is 27.7 Å². The minimum absolute atomic E-state index is 0.0127. The number of aliphatic hydroxyl groups is 2. The second-order valence-corrected chi connectivity index (χ2v) is 27.4. The first-order chi connectivity index (χ1) is 46.3. The monoisotopic (exact) mass is 1360 g/mol. The van der Waals surface area contributed by atoms with Gasteiger partial charge < -0.3 is 81.0 Å². The van der Waals surface area contributed by atoms with Crippen LogP contribution in [0.5, 0.6) is 11.5 Å². The van der Waals surface area contributed by atoms with Gasteiger partial charge in [-0.2, -0.15) is 0 Å². The summed E-state index contributed by atoms with van der Waals surface area (Å²) < 4.78 is 72.8. The van der Waals surface area contributed by atoms with E-state index in [0.29, 0.717) is 81.2 Å². The first-order valence-electron chi connectivity index (χ1n) is 34.1. The van der Waals surface area contributed by atoms with Crippen molar-refractivity contribution in [2.45, 2.75) is 141 Å². The summed E-state index contributed by atoms with van der Waals surface area (Å²) in [6, 6.07) is 9.34. The molecule has 24 nitrogen and oxygen atoms in total. The van der Waals surface area contributed by atoms with Crippen LogP contribution in [-0.2, 0) is 52.5 Å². The van der Waals surface area contributed by atoms with Crippen LogP contribution < -0.4 is 47.1 Å². The molecule has 4 fully saturated rings. The third kappa shape index (κ3) is 18.9. The molecule has 534 valence electrons. The summed E-state index contributed by atoms with van der Waals surface area (Å²) in [5, 5.41) is 40.2. The lowest BCUT2D eigenvalue weighted by molar-refractivity contribution is -0.223. The van der Waals surface area contributed by atoms with E-state index in [1.807, 2.05) is 0 Å². The van der Waals surface area contributed by atoms with Crippen LogP contribution in [0.1, 0.15) is 106 Å². The zero-order valence-electron chi connectivity index (χ0n) is 56.5. The molecule has 7 amide bonds. The maximum atomic E-state index is 17.6. The van der Waals surface area contributed by atoms with Gasteiger partial charge in [0, 0.05) is 47.6 Å². The fourth-order valence-corrected chi connectivity index (χ4v) is 15.2. The van der Waals surface area contributed by atoms with Gasteiger partial charge in [0.15, 0.2) is 18.1 Å². The van der Waals surface area contributed by atoms with Crippen molar-refractivity contribution in [2.24, 2.45) is 63.9 Å². The summed E-state index contributed by atoms with van der Waals surface area (Å²) in [4.78, 5) is 103. The fourth-order valence-electron chi connectivity index (χ4n) is 15.2. The Hall–Kier alpha value is -7.36. The smallest absolute Gasteiger partial charge is 0.407 e. The molecule has 0 aromatic heterocycles. The number of benzene rings is 2. The Morgan fingerprint density at radius 3 is 2.00 bits per heavy atom. The van der Waals surface area contributed by atoms with Crippen molar-refractivity contribution in [1.29, 1.82) is 0 Å². The summed E-state index contributed by atoms with van der Waals surface area (Å²) in [5.74, 6) is -3.23. The molecule has 2 aromatic rings. The molecule has 0 heterocycles. The molecule has 5 unspecified atom stereocenters. The number of hydrogen-bond donors (Lipinski definition) is 9. The van der Waals surface area contributed by atoms with Gasteiger partial charge in [0.1, 0.15) is 42.0 Å². The molecule has 10 N–H and O–H groups in total. The SMILES string of the molecule is CC1/C=C\CCC2C(CC1)C2COC(=O)NCCOCCOCCOCCOCCC(=O)N[C@H](C(=O)N[C@@H](CCCNC(N)=O)C(=O)Nc1ccc(OCC(=O)Nc2ccc(OCC(=O)[C@@]3(O)[C@H](C)C[C@H]4C5C[C@H](F)C6=CC(=O)C=C[C@]6(C)[C@@]5(F)[C@@H](O)C[C@@]43C)cc2)cc1)C(C)C. The summed E-state index contributed by atoms with van der Waals surface area (Å²) >= 11 is 0. The van der Waals surface area contributed by atoms with Crippen LogP contribution >= 0.6 is 0 Å². The minimum Gasteiger partial charge on any atom is -0.486 e. The van der Waals surface area contributed by atoms with E-state index < -0.39 is 125 Å². The fraction of sp³-hybridized carbons (Fsp3) is 0.634. The minimum atomic E-state index is -2.36. The van der Waals surface area contributed by atoms with E-state index in [2.05, 4.69) is 51.0 Å². The van der Waals surface area contributed by atoms with Gasteiger partial charge in [0.05, 0.1) is 65.6 Å². The number of Topliss-reactive ketones (excluding diaryl/α,β-unsaturated/α-hetero) is 1. The Kier molecular flexibility index (Phi) is 26.8. The molecular weight excluding hydrogens is 1260 g/mol. The number of amides is 7. The maximum Gasteiger partial charge on any atom is 0.407 e. The highest BCUT2D eigenvalue weighted by atomic mass is 19.1. The second kappa shape index (κ2) is 34.4. The molecule has 0 saturated heterocycles. The standard InChI is InChI=1S/C71H99F2N7O17/c1-43(2)63(80-61(84)24-28-91-30-32-93-34-35-94-33-31-92-29-27-76-67(89)97-40-53-51-11-8-7-10-44(3)13-22-52(51)53)65(87)79-58(12-9-26-75-66(74)88)64(86)78-47-16-20-50(21-17-47)96-42-62(85)77-46-14-18-49(19-15-46)95-41-60(83)71(90)45(4)36-54-55-38-57(72)56-37-48(81)23-25-68(56,5)70(55,73)59(82)39-69(54,71)6/h7,10,14-21,23,25,37,43-45,51-55,57-59,63,82,90H,8-9,11-13,22,24,26-36,38-42H2,1-6H3,(H,76,89)(H,77,85)(H,78,86)(H,79,87)(H,80,84)(H3,74,75,88)/b10-7-/t44?,45-,51?,52?,53?,54+,55?,57+,58+,59+,63+,68+,69+,70+,71+/m1/s1. The van der Waals surface area contributed by atoms with Crippen LogP contribution in [0.4, 0.5) is 29.7 Å². The van der Waals surface area contributed by atoms with E-state index in [9.17, 15) is 48.6 Å². The number of nitrogens with one attached hydrogen (secondary N) is 6. The van der Waals surface area contributed by atoms with Crippen molar-refractivity contribution >= 4 is 58.7 Å². The highest BCUT2D eigenvalue weighted by Gasteiger charge is 2.76. The van der Waals surface area contributed by atoms with Gasteiger partial charge in [0.25, 0.3) is 5.91 Å². The quantitative estimate of drug-likeness (QED) is 0.0254. The number of nitrogens with two attached hydrogens (primary N) is 1. The number of fused-ring (bicyclic) bond motifs is 6. The molecule has 0 bridgehead atoms. The number of rotatable bonds is 35. The van der Waals surface area contributed by atoms with Gasteiger partial charge in [-0.3, -0.25) is 28.8 Å². The molecule has 6 aliphatic carbocycles. The Morgan fingerprint density at radius 2 is 1.35 bits per heavy atom. The molecule has 15 atom stereocenters. The number of carbonyl (C=O) groups excluding carboxylic acids is 8. The second-order valence-electron chi connectivity index (χ2n) is 27.4. The first-order valence-corrected chi connectivity index (χ1v) is 34.1. The van der Waals surface area contributed by atoms with Crippen molar-refractivity contribution in [1.82, 2.24) is 21.3 Å². The number of allylic oxidation sites excluding steroid dienone is 6. The molecule has 26 heteroatoms. The summed E-state index contributed by atoms with van der Waals surface area (Å²) in [6.07, 6.45) is 9.00. The number of alkyl halides is 2. The Balaban J connectivity index is 0.689. The predicted octanol–water partition coefficient (Wildman–Crippen LogP) is 6.77. The van der Waals surface area contributed by atoms with E-state index >= 15 is 8.78 Å². The molecule has 97 heavy (non-hydrogen) atoms. The predicted molar refractivity (Wildman–Crippen MR) is 354 cm³/mol. The van der Waals surface area contributed by atoms with Gasteiger partial charge in [-0.1, -0.05) is 52.8 Å². The van der Waals surface area contributed by atoms with Crippen LogP contribution in [0.2, 0.25) is 0 Å². The van der Waals surface area contributed by atoms with Gasteiger partial charge in [-0.25, -0.2) is 18.4 Å². The number of primary amides is 1. The van der Waals surface area contributed by atoms with Crippen LogP contribution in [0.3, 0.4) is 0 Å². The molecule has 8 rings (SSSR count). The third-order valence-electron chi connectivity index (χ3n) is 20.6. The number of aliphatic hydroxyl groups excluding tert-OH is 1. The number of halogens is 2. The lowest BCUT2D eigenvalue weighted by Crippen LogP contribution is -2.70. The molecule has 0 spiro atoms. The molecule has 4 saturated carbocycles. The topological polar surface area (TPSA) is 340 Å².